The maximum atomic E-state index is 10.3. The monoisotopic (exact) mass is 280 g/mol. The van der Waals surface area contributed by atoms with Crippen LogP contribution in [0.1, 0.15) is 10.4 Å². The molecule has 9 nitrogen and oxygen atoms in total. The minimum absolute atomic E-state index is 0.248. The van der Waals surface area contributed by atoms with E-state index < -0.39 is 10.4 Å². The van der Waals surface area contributed by atoms with E-state index in [-0.39, 0.29) is 6.79 Å². The fourth-order valence-corrected chi connectivity index (χ4v) is 0.986. The number of fused-ring (bicyclic) bond motifs is 1. The van der Waals surface area contributed by atoms with Crippen LogP contribution in [0, 0.1) is 0 Å². The van der Waals surface area contributed by atoms with E-state index in [1.54, 1.807) is 18.2 Å². The lowest BCUT2D eigenvalue weighted by atomic mass is 10.2. The lowest BCUT2D eigenvalue weighted by Crippen LogP contribution is -2.02. The number of nitrogens with two attached hydrogens (primary N) is 2. The second-order valence-electron chi connectivity index (χ2n) is 2.68. The SMILES string of the molecule is NN.O=Cc1ccc2c(c1)OCO2.O=S(=O)(O)O. The summed E-state index contributed by atoms with van der Waals surface area (Å²) in [6.45, 7) is 0.248. The van der Waals surface area contributed by atoms with Crippen LogP contribution >= 0.6 is 0 Å². The molecule has 6 N–H and O–H groups in total. The van der Waals surface area contributed by atoms with Crippen LogP contribution in [0.25, 0.3) is 0 Å². The summed E-state index contributed by atoms with van der Waals surface area (Å²) >= 11 is 0. The number of ether oxygens (including phenoxy) is 2. The molecule has 0 radical (unpaired) electrons. The predicted molar refractivity (Wildman–Crippen MR) is 60.5 cm³/mol. The van der Waals surface area contributed by atoms with E-state index in [0.29, 0.717) is 17.1 Å². The van der Waals surface area contributed by atoms with Crippen molar-refractivity contribution in [2.24, 2.45) is 11.7 Å². The quantitative estimate of drug-likeness (QED) is 0.227. The lowest BCUT2D eigenvalue weighted by Gasteiger charge is -1.94. The Kier molecular flexibility index (Phi) is 6.85. The molecule has 0 amide bonds. The maximum Gasteiger partial charge on any atom is 0.394 e. The molecule has 1 aromatic carbocycles. The number of hydrogen-bond donors (Lipinski definition) is 4. The van der Waals surface area contributed by atoms with Gasteiger partial charge in [-0.2, -0.15) is 8.42 Å². The molecule has 18 heavy (non-hydrogen) atoms. The van der Waals surface area contributed by atoms with Crippen LogP contribution in [-0.2, 0) is 10.4 Å². The van der Waals surface area contributed by atoms with Crippen LogP contribution in [0.4, 0.5) is 0 Å². The van der Waals surface area contributed by atoms with Gasteiger partial charge in [0.1, 0.15) is 6.29 Å². The molecule has 0 saturated heterocycles. The molecule has 0 saturated carbocycles. The van der Waals surface area contributed by atoms with Gasteiger partial charge in [0.15, 0.2) is 11.5 Å². The molecular formula is C8H12N2O7S. The molecule has 0 atom stereocenters. The number of hydrogen-bond acceptors (Lipinski definition) is 7. The summed E-state index contributed by atoms with van der Waals surface area (Å²) in [6, 6.07) is 5.09. The molecule has 2 rings (SSSR count). The van der Waals surface area contributed by atoms with Crippen molar-refractivity contribution in [3.8, 4) is 11.5 Å². The van der Waals surface area contributed by atoms with Crippen molar-refractivity contribution >= 4 is 16.7 Å². The van der Waals surface area contributed by atoms with Crippen LogP contribution in [0.5, 0.6) is 11.5 Å². The summed E-state index contributed by atoms with van der Waals surface area (Å²) in [4.78, 5) is 10.3. The van der Waals surface area contributed by atoms with Gasteiger partial charge >= 0.3 is 10.4 Å². The van der Waals surface area contributed by atoms with Crippen LogP contribution in [0.15, 0.2) is 18.2 Å². The Bertz CT molecular complexity index is 480. The molecule has 10 heteroatoms. The van der Waals surface area contributed by atoms with Crippen LogP contribution in [-0.4, -0.2) is 30.6 Å². The van der Waals surface area contributed by atoms with Crippen LogP contribution in [0.3, 0.4) is 0 Å². The Morgan fingerprint density at radius 2 is 1.67 bits per heavy atom. The molecule has 0 spiro atoms. The van der Waals surface area contributed by atoms with E-state index in [2.05, 4.69) is 11.7 Å². The molecule has 1 heterocycles. The number of benzene rings is 1. The number of rotatable bonds is 1. The highest BCUT2D eigenvalue weighted by molar-refractivity contribution is 7.79. The third kappa shape index (κ3) is 6.78. The zero-order chi connectivity index (χ0) is 14.2. The normalized spacial score (nSPS) is 11.6. The van der Waals surface area contributed by atoms with Crippen LogP contribution in [0.2, 0.25) is 0 Å². The van der Waals surface area contributed by atoms with Gasteiger partial charge in [0, 0.05) is 5.56 Å². The highest BCUT2D eigenvalue weighted by Gasteiger charge is 2.12. The van der Waals surface area contributed by atoms with Gasteiger partial charge in [-0.15, -0.1) is 0 Å². The third-order valence-electron chi connectivity index (χ3n) is 1.53. The Labute approximate surface area is 103 Å². The molecule has 0 unspecified atom stereocenters. The topological polar surface area (TPSA) is 162 Å². The number of hydrazine groups is 1. The first kappa shape index (κ1) is 16.3. The van der Waals surface area contributed by atoms with E-state index >= 15 is 0 Å². The molecule has 0 fully saturated rings. The minimum atomic E-state index is -4.67. The van der Waals surface area contributed by atoms with Gasteiger partial charge in [0.05, 0.1) is 0 Å². The molecule has 102 valence electrons. The zero-order valence-electron chi connectivity index (χ0n) is 9.02. The first-order valence-electron chi connectivity index (χ1n) is 4.28. The predicted octanol–water partition coefficient (Wildman–Crippen LogP) is -0.606. The number of carbonyl (C=O) groups excluding carboxylic acids is 1. The van der Waals surface area contributed by atoms with Crippen molar-refractivity contribution in [2.45, 2.75) is 0 Å². The molecule has 1 aliphatic rings. The molecule has 0 aliphatic carbocycles. The summed E-state index contributed by atoms with van der Waals surface area (Å²) in [7, 11) is -4.67. The van der Waals surface area contributed by atoms with Gasteiger partial charge in [0.2, 0.25) is 6.79 Å². The van der Waals surface area contributed by atoms with Crippen LogP contribution < -0.4 is 21.2 Å². The van der Waals surface area contributed by atoms with Gasteiger partial charge in [0.25, 0.3) is 0 Å². The Morgan fingerprint density at radius 3 is 2.17 bits per heavy atom. The maximum absolute atomic E-state index is 10.3. The Hall–Kier alpha value is -1.72. The van der Waals surface area contributed by atoms with Gasteiger partial charge in [-0.1, -0.05) is 0 Å². The van der Waals surface area contributed by atoms with Gasteiger partial charge < -0.3 is 9.47 Å². The molecule has 0 aromatic heterocycles. The van der Waals surface area contributed by atoms with Crippen molar-refractivity contribution in [3.05, 3.63) is 23.8 Å². The molecule has 1 aliphatic heterocycles. The average molecular weight is 280 g/mol. The number of carbonyl (C=O) groups is 1. The third-order valence-corrected chi connectivity index (χ3v) is 1.53. The second kappa shape index (κ2) is 7.58. The van der Waals surface area contributed by atoms with E-state index in [0.717, 1.165) is 6.29 Å². The van der Waals surface area contributed by atoms with Gasteiger partial charge in [-0.3, -0.25) is 25.6 Å². The molecule has 1 aromatic rings. The van der Waals surface area contributed by atoms with Crippen molar-refractivity contribution in [1.82, 2.24) is 0 Å². The summed E-state index contributed by atoms with van der Waals surface area (Å²) in [6.07, 6.45) is 0.780. The number of aldehydes is 1. The Balaban J connectivity index is 0.000000354. The molecular weight excluding hydrogens is 268 g/mol. The average Bonchev–Trinajstić information content (AvgIpc) is 2.76. The highest BCUT2D eigenvalue weighted by atomic mass is 32.3. The largest absolute Gasteiger partial charge is 0.454 e. The second-order valence-corrected chi connectivity index (χ2v) is 3.57. The standard InChI is InChI=1S/C8H6O3.H4N2.H2O4S/c9-4-6-1-2-7-8(3-6)11-5-10-7;1-2;1-5(2,3)4/h1-4H,5H2;1-2H2;(H2,1,2,3,4). The van der Waals surface area contributed by atoms with E-state index in [1.165, 1.54) is 0 Å². The van der Waals surface area contributed by atoms with Crippen molar-refractivity contribution < 1.29 is 31.8 Å². The Morgan fingerprint density at radius 1 is 1.17 bits per heavy atom. The fourth-order valence-electron chi connectivity index (χ4n) is 0.986. The zero-order valence-corrected chi connectivity index (χ0v) is 9.83. The summed E-state index contributed by atoms with van der Waals surface area (Å²) in [5.74, 6) is 9.35. The summed E-state index contributed by atoms with van der Waals surface area (Å²) in [5.41, 5.74) is 0.606. The highest BCUT2D eigenvalue weighted by Crippen LogP contribution is 2.31. The minimum Gasteiger partial charge on any atom is -0.454 e. The van der Waals surface area contributed by atoms with Crippen molar-refractivity contribution in [3.63, 3.8) is 0 Å². The molecule has 0 bridgehead atoms. The van der Waals surface area contributed by atoms with Crippen molar-refractivity contribution in [2.75, 3.05) is 6.79 Å². The van der Waals surface area contributed by atoms with E-state index in [1.807, 2.05) is 0 Å². The first-order valence-corrected chi connectivity index (χ1v) is 5.68. The smallest absolute Gasteiger partial charge is 0.394 e. The van der Waals surface area contributed by atoms with Crippen molar-refractivity contribution in [1.29, 1.82) is 0 Å². The first-order chi connectivity index (χ1) is 8.40. The fraction of sp³-hybridized carbons (Fsp3) is 0.125. The lowest BCUT2D eigenvalue weighted by molar-refractivity contribution is 0.112. The van der Waals surface area contributed by atoms with Gasteiger partial charge in [-0.25, -0.2) is 0 Å². The van der Waals surface area contributed by atoms with E-state index in [4.69, 9.17) is 27.0 Å². The van der Waals surface area contributed by atoms with Gasteiger partial charge in [-0.05, 0) is 18.2 Å². The van der Waals surface area contributed by atoms with E-state index in [9.17, 15) is 4.79 Å². The summed E-state index contributed by atoms with van der Waals surface area (Å²) < 4.78 is 41.7. The summed E-state index contributed by atoms with van der Waals surface area (Å²) in [5, 5.41) is 0.